The van der Waals surface area contributed by atoms with E-state index in [0.717, 1.165) is 17.2 Å². The van der Waals surface area contributed by atoms with Gasteiger partial charge in [-0.3, -0.25) is 10.1 Å². The van der Waals surface area contributed by atoms with Gasteiger partial charge >= 0.3 is 0 Å². The third-order valence-electron chi connectivity index (χ3n) is 2.43. The topological polar surface area (TPSA) is 39.1 Å². The summed E-state index contributed by atoms with van der Waals surface area (Å²) in [6, 6.07) is 9.75. The molecule has 0 saturated carbocycles. The minimum absolute atomic E-state index is 0.604. The molecule has 2 heterocycles. The van der Waals surface area contributed by atoms with Crippen LogP contribution in [-0.4, -0.2) is 16.8 Å². The lowest BCUT2D eigenvalue weighted by molar-refractivity contribution is 0.398. The van der Waals surface area contributed by atoms with E-state index < -0.39 is 0 Å². The molecule has 1 N–H and O–H groups in total. The van der Waals surface area contributed by atoms with Gasteiger partial charge in [-0.15, -0.1) is 0 Å². The van der Waals surface area contributed by atoms with Gasteiger partial charge in [0.2, 0.25) is 5.88 Å². The van der Waals surface area contributed by atoms with Crippen LogP contribution in [0, 0.1) is 13.8 Å². The Balaban J connectivity index is 2.27. The fraction of sp³-hybridized carbons (Fsp3) is 0.250. The summed E-state index contributed by atoms with van der Waals surface area (Å²) < 4.78 is 7.06. The molecule has 0 bridgehead atoms. The van der Waals surface area contributed by atoms with Crippen molar-refractivity contribution >= 4 is 5.82 Å². The number of ether oxygens (including phenoxy) is 1. The quantitative estimate of drug-likeness (QED) is 0.858. The van der Waals surface area contributed by atoms with Gasteiger partial charge < -0.3 is 4.74 Å². The Morgan fingerprint density at radius 3 is 2.44 bits per heavy atom. The molecule has 0 aliphatic carbocycles. The second kappa shape index (κ2) is 4.26. The zero-order valence-electron chi connectivity index (χ0n) is 9.69. The van der Waals surface area contributed by atoms with E-state index >= 15 is 0 Å². The maximum atomic E-state index is 5.07. The molecular weight excluding hydrogens is 202 g/mol. The maximum absolute atomic E-state index is 5.07. The van der Waals surface area contributed by atoms with Crippen LogP contribution >= 0.6 is 0 Å². The third-order valence-corrected chi connectivity index (χ3v) is 2.43. The molecule has 4 nitrogen and oxygen atoms in total. The summed E-state index contributed by atoms with van der Waals surface area (Å²) in [5.74, 6) is 1.37. The van der Waals surface area contributed by atoms with Crippen molar-refractivity contribution in [3.63, 3.8) is 0 Å². The smallest absolute Gasteiger partial charge is 0.214 e. The van der Waals surface area contributed by atoms with Gasteiger partial charge in [-0.25, -0.2) is 0 Å². The van der Waals surface area contributed by atoms with E-state index in [2.05, 4.69) is 22.5 Å². The lowest BCUT2D eigenvalue weighted by atomic mass is 10.4. The van der Waals surface area contributed by atoms with E-state index in [1.165, 1.54) is 0 Å². The normalized spacial score (nSPS) is 10.2. The second-order valence-electron chi connectivity index (χ2n) is 3.63. The predicted octanol–water partition coefficient (Wildman–Crippen LogP) is 2.38. The van der Waals surface area contributed by atoms with Crippen LogP contribution in [0.3, 0.4) is 0 Å². The predicted molar refractivity (Wildman–Crippen MR) is 63.7 cm³/mol. The lowest BCUT2D eigenvalue weighted by Gasteiger charge is -2.12. The van der Waals surface area contributed by atoms with Gasteiger partial charge in [0, 0.05) is 17.5 Å². The zero-order valence-corrected chi connectivity index (χ0v) is 9.69. The molecule has 2 aromatic rings. The Kier molecular flexibility index (Phi) is 2.81. The van der Waals surface area contributed by atoms with E-state index in [9.17, 15) is 0 Å². The average Bonchev–Trinajstić information content (AvgIpc) is 2.61. The van der Waals surface area contributed by atoms with Crippen molar-refractivity contribution < 1.29 is 4.74 Å². The number of pyridine rings is 1. The fourth-order valence-electron chi connectivity index (χ4n) is 1.55. The molecule has 0 radical (unpaired) electrons. The van der Waals surface area contributed by atoms with E-state index in [1.54, 1.807) is 7.11 Å². The van der Waals surface area contributed by atoms with Gasteiger partial charge in [0.1, 0.15) is 5.82 Å². The zero-order chi connectivity index (χ0) is 11.5. The SMILES string of the molecule is COc1cccc(Nn2c(C)ccc2C)n1. The first kappa shape index (κ1) is 10.5. The molecule has 0 spiro atoms. The number of aryl methyl sites for hydroxylation is 2. The van der Waals surface area contributed by atoms with Crippen molar-refractivity contribution in [1.29, 1.82) is 0 Å². The van der Waals surface area contributed by atoms with Crippen molar-refractivity contribution in [2.45, 2.75) is 13.8 Å². The molecule has 0 atom stereocenters. The highest BCUT2D eigenvalue weighted by atomic mass is 16.5. The molecule has 0 unspecified atom stereocenters. The van der Waals surface area contributed by atoms with Crippen LogP contribution in [0.15, 0.2) is 30.3 Å². The Morgan fingerprint density at radius 2 is 1.81 bits per heavy atom. The number of nitrogens with one attached hydrogen (secondary N) is 1. The van der Waals surface area contributed by atoms with Crippen molar-refractivity contribution in [2.24, 2.45) is 0 Å². The highest BCUT2D eigenvalue weighted by molar-refractivity contribution is 5.38. The van der Waals surface area contributed by atoms with E-state index in [-0.39, 0.29) is 0 Å². The first-order valence-electron chi connectivity index (χ1n) is 5.14. The average molecular weight is 217 g/mol. The van der Waals surface area contributed by atoms with Crippen molar-refractivity contribution in [3.05, 3.63) is 41.7 Å². The molecule has 0 saturated heterocycles. The monoisotopic (exact) mass is 217 g/mol. The minimum atomic E-state index is 0.604. The van der Waals surface area contributed by atoms with Crippen LogP contribution in [0.5, 0.6) is 5.88 Å². The number of hydrogen-bond donors (Lipinski definition) is 1. The standard InChI is InChI=1S/C12H15N3O/c1-9-7-8-10(2)15(9)14-11-5-4-6-12(13-11)16-3/h4-8H,1-3H3,(H,13,14). The van der Waals surface area contributed by atoms with Gasteiger partial charge in [0.15, 0.2) is 0 Å². The first-order valence-corrected chi connectivity index (χ1v) is 5.14. The molecule has 16 heavy (non-hydrogen) atoms. The van der Waals surface area contributed by atoms with Crippen molar-refractivity contribution in [3.8, 4) is 5.88 Å². The summed E-state index contributed by atoms with van der Waals surface area (Å²) in [6.07, 6.45) is 0. The fourth-order valence-corrected chi connectivity index (χ4v) is 1.55. The lowest BCUT2D eigenvalue weighted by Crippen LogP contribution is -2.13. The molecule has 0 aliphatic heterocycles. The van der Waals surface area contributed by atoms with Crippen LogP contribution in [0.4, 0.5) is 5.82 Å². The molecule has 0 amide bonds. The van der Waals surface area contributed by atoms with Gasteiger partial charge in [0.25, 0.3) is 0 Å². The molecule has 4 heteroatoms. The molecule has 0 aliphatic rings. The van der Waals surface area contributed by atoms with Crippen LogP contribution in [-0.2, 0) is 0 Å². The van der Waals surface area contributed by atoms with Crippen molar-refractivity contribution in [1.82, 2.24) is 9.66 Å². The highest BCUT2D eigenvalue weighted by Gasteiger charge is 2.02. The molecule has 2 aromatic heterocycles. The first-order chi connectivity index (χ1) is 7.70. The van der Waals surface area contributed by atoms with Crippen LogP contribution in [0.25, 0.3) is 0 Å². The highest BCUT2D eigenvalue weighted by Crippen LogP contribution is 2.13. The molecule has 0 aromatic carbocycles. The number of methoxy groups -OCH3 is 1. The maximum Gasteiger partial charge on any atom is 0.214 e. The van der Waals surface area contributed by atoms with Gasteiger partial charge in [-0.2, -0.15) is 4.98 Å². The summed E-state index contributed by atoms with van der Waals surface area (Å²) >= 11 is 0. The minimum Gasteiger partial charge on any atom is -0.481 e. The third kappa shape index (κ3) is 2.00. The van der Waals surface area contributed by atoms with Crippen LogP contribution in [0.2, 0.25) is 0 Å². The summed E-state index contributed by atoms with van der Waals surface area (Å²) in [5, 5.41) is 0. The largest absolute Gasteiger partial charge is 0.481 e. The number of anilines is 1. The van der Waals surface area contributed by atoms with Crippen LogP contribution < -0.4 is 10.2 Å². The van der Waals surface area contributed by atoms with Gasteiger partial charge in [0.05, 0.1) is 7.11 Å². The van der Waals surface area contributed by atoms with Crippen molar-refractivity contribution in [2.75, 3.05) is 12.5 Å². The second-order valence-corrected chi connectivity index (χ2v) is 3.63. The van der Waals surface area contributed by atoms with E-state index in [1.807, 2.05) is 36.7 Å². The summed E-state index contributed by atoms with van der Waals surface area (Å²) in [5.41, 5.74) is 5.50. The Bertz CT molecular complexity index is 471. The molecule has 2 rings (SSSR count). The summed E-state index contributed by atoms with van der Waals surface area (Å²) in [6.45, 7) is 4.08. The van der Waals surface area contributed by atoms with Gasteiger partial charge in [-0.05, 0) is 32.0 Å². The summed E-state index contributed by atoms with van der Waals surface area (Å²) in [7, 11) is 1.61. The Hall–Kier alpha value is -1.97. The van der Waals surface area contributed by atoms with E-state index in [0.29, 0.717) is 5.88 Å². The molecule has 84 valence electrons. The Labute approximate surface area is 94.9 Å². The number of aromatic nitrogens is 2. The summed E-state index contributed by atoms with van der Waals surface area (Å²) in [4.78, 5) is 4.29. The van der Waals surface area contributed by atoms with Crippen LogP contribution in [0.1, 0.15) is 11.4 Å². The number of hydrogen-bond acceptors (Lipinski definition) is 3. The Morgan fingerprint density at radius 1 is 1.12 bits per heavy atom. The number of nitrogens with zero attached hydrogens (tertiary/aromatic N) is 2. The van der Waals surface area contributed by atoms with E-state index in [4.69, 9.17) is 4.74 Å². The molecule has 0 fully saturated rings. The van der Waals surface area contributed by atoms with Gasteiger partial charge in [-0.1, -0.05) is 6.07 Å². The molecular formula is C12H15N3O. The number of rotatable bonds is 3.